The van der Waals surface area contributed by atoms with Gasteiger partial charge in [0, 0.05) is 17.3 Å². The molecular weight excluding hydrogens is 402 g/mol. The molecule has 1 aromatic heterocycles. The first kappa shape index (κ1) is 21.1. The minimum absolute atomic E-state index is 0.121. The Hall–Kier alpha value is -2.16. The monoisotopic (exact) mass is 431 g/mol. The number of urea groups is 1. The van der Waals surface area contributed by atoms with Crippen molar-refractivity contribution in [2.45, 2.75) is 76.4 Å². The van der Waals surface area contributed by atoms with E-state index in [4.69, 9.17) is 9.56 Å². The van der Waals surface area contributed by atoms with Crippen molar-refractivity contribution in [2.75, 3.05) is 5.32 Å². The molecule has 2 amide bonds. The van der Waals surface area contributed by atoms with E-state index in [1.807, 2.05) is 0 Å². The molecule has 30 heavy (non-hydrogen) atoms. The number of carbonyl (C=O) groups excluding carboxylic acids is 1. The number of hydrogen-bond acceptors (Lipinski definition) is 4. The van der Waals surface area contributed by atoms with Crippen LogP contribution in [-0.4, -0.2) is 15.3 Å². The van der Waals surface area contributed by atoms with Crippen LogP contribution in [0.4, 0.5) is 10.5 Å². The number of fused-ring (bicyclic) bond motifs is 2. The van der Waals surface area contributed by atoms with Gasteiger partial charge in [-0.2, -0.15) is 0 Å². The lowest BCUT2D eigenvalue weighted by Gasteiger charge is -2.17. The molecule has 1 unspecified atom stereocenters. The number of furan rings is 1. The van der Waals surface area contributed by atoms with Crippen molar-refractivity contribution in [2.24, 2.45) is 9.50 Å². The number of aryl methyl sites for hydroxylation is 3. The predicted molar refractivity (Wildman–Crippen MR) is 116 cm³/mol. The Bertz CT molecular complexity index is 1150. The third-order valence-electron chi connectivity index (χ3n) is 6.16. The number of nitrogens with two attached hydrogens (primary N) is 1. The molecule has 4 rings (SSSR count). The van der Waals surface area contributed by atoms with E-state index in [9.17, 15) is 14.1 Å². The Balaban J connectivity index is 1.69. The van der Waals surface area contributed by atoms with Gasteiger partial charge in [-0.3, -0.25) is 0 Å². The molecule has 0 fully saturated rings. The predicted octanol–water partition coefficient (Wildman–Crippen LogP) is 4.29. The number of rotatable bonds is 3. The maximum absolute atomic E-state index is 13.0. The second-order valence-corrected chi connectivity index (χ2v) is 10.7. The lowest BCUT2D eigenvalue weighted by atomic mass is 9.95. The molecular formula is C22H29N3O4S. The molecule has 0 bridgehead atoms. The fourth-order valence-electron chi connectivity index (χ4n) is 4.76. The molecule has 8 heteroatoms. The van der Waals surface area contributed by atoms with Crippen LogP contribution in [0.2, 0.25) is 0 Å². The SMILES string of the molecule is Cc1oc([S@](N)(=O)=NC(=O)Nc2c3c(cc4c2C(C)CC4)CCC3)cc1C(C)(C)O. The lowest BCUT2D eigenvalue weighted by molar-refractivity contribution is 0.0769. The molecule has 4 N–H and O–H groups in total. The first-order chi connectivity index (χ1) is 14.0. The Morgan fingerprint density at radius 2 is 2.03 bits per heavy atom. The number of amides is 2. The van der Waals surface area contributed by atoms with Gasteiger partial charge in [-0.15, -0.1) is 4.36 Å². The Labute approximate surface area is 177 Å². The number of aliphatic hydroxyl groups is 1. The van der Waals surface area contributed by atoms with E-state index in [1.165, 1.54) is 22.8 Å². The number of nitrogens with one attached hydrogen (secondary N) is 1. The van der Waals surface area contributed by atoms with Crippen LogP contribution in [-0.2, 0) is 34.8 Å². The summed E-state index contributed by atoms with van der Waals surface area (Å²) in [4.78, 5) is 12.8. The van der Waals surface area contributed by atoms with Crippen LogP contribution in [0.15, 0.2) is 26.0 Å². The zero-order valence-corrected chi connectivity index (χ0v) is 18.7. The number of anilines is 1. The Kier molecular flexibility index (Phi) is 5.07. The fourth-order valence-corrected chi connectivity index (χ4v) is 5.67. The maximum Gasteiger partial charge on any atom is 0.354 e. The summed E-state index contributed by atoms with van der Waals surface area (Å²) in [7, 11) is -3.60. The van der Waals surface area contributed by atoms with Crippen molar-refractivity contribution in [3.8, 4) is 0 Å². The Morgan fingerprint density at radius 3 is 2.70 bits per heavy atom. The summed E-state index contributed by atoms with van der Waals surface area (Å²) < 4.78 is 22.2. The zero-order chi connectivity index (χ0) is 21.8. The largest absolute Gasteiger partial charge is 0.450 e. The van der Waals surface area contributed by atoms with E-state index in [1.54, 1.807) is 20.8 Å². The first-order valence-electron chi connectivity index (χ1n) is 10.3. The molecule has 0 radical (unpaired) electrons. The van der Waals surface area contributed by atoms with Crippen molar-refractivity contribution in [1.29, 1.82) is 0 Å². The van der Waals surface area contributed by atoms with E-state index in [2.05, 4.69) is 22.7 Å². The summed E-state index contributed by atoms with van der Waals surface area (Å²) >= 11 is 0. The zero-order valence-electron chi connectivity index (χ0n) is 17.9. The Morgan fingerprint density at radius 1 is 1.30 bits per heavy atom. The number of benzene rings is 1. The van der Waals surface area contributed by atoms with Gasteiger partial charge in [0.05, 0.1) is 5.60 Å². The summed E-state index contributed by atoms with van der Waals surface area (Å²) in [6, 6.07) is 2.95. The summed E-state index contributed by atoms with van der Waals surface area (Å²) in [5.41, 5.74) is 4.98. The van der Waals surface area contributed by atoms with Gasteiger partial charge in [-0.1, -0.05) is 13.0 Å². The van der Waals surface area contributed by atoms with Crippen molar-refractivity contribution < 1.29 is 18.5 Å². The highest BCUT2D eigenvalue weighted by molar-refractivity contribution is 7.91. The van der Waals surface area contributed by atoms with Crippen LogP contribution in [0.3, 0.4) is 0 Å². The topological polar surface area (TPSA) is 118 Å². The highest BCUT2D eigenvalue weighted by Gasteiger charge is 2.30. The van der Waals surface area contributed by atoms with Crippen LogP contribution in [0, 0.1) is 6.92 Å². The number of nitrogens with zero attached hydrogens (tertiary/aromatic N) is 1. The van der Waals surface area contributed by atoms with Gasteiger partial charge >= 0.3 is 6.03 Å². The van der Waals surface area contributed by atoms with Gasteiger partial charge in [0.15, 0.2) is 9.92 Å². The van der Waals surface area contributed by atoms with E-state index < -0.39 is 21.5 Å². The molecule has 0 saturated heterocycles. The average molecular weight is 432 g/mol. The molecule has 0 spiro atoms. The molecule has 2 aliphatic carbocycles. The molecule has 162 valence electrons. The highest BCUT2D eigenvalue weighted by Crippen LogP contribution is 2.44. The molecule has 0 aliphatic heterocycles. The van der Waals surface area contributed by atoms with E-state index in [0.29, 0.717) is 17.2 Å². The van der Waals surface area contributed by atoms with Crippen LogP contribution in [0.25, 0.3) is 0 Å². The third-order valence-corrected chi connectivity index (χ3v) is 7.37. The first-order valence-corrected chi connectivity index (χ1v) is 11.9. The summed E-state index contributed by atoms with van der Waals surface area (Å²) in [5.74, 6) is 0.740. The fraction of sp³-hybridized carbons (Fsp3) is 0.500. The van der Waals surface area contributed by atoms with Crippen molar-refractivity contribution in [1.82, 2.24) is 0 Å². The lowest BCUT2D eigenvalue weighted by Crippen LogP contribution is -2.19. The minimum atomic E-state index is -3.60. The average Bonchev–Trinajstić information content (AvgIpc) is 3.32. The maximum atomic E-state index is 13.0. The van der Waals surface area contributed by atoms with Crippen molar-refractivity contribution in [3.63, 3.8) is 0 Å². The second-order valence-electron chi connectivity index (χ2n) is 8.94. The molecule has 2 aliphatic rings. The molecule has 1 aromatic carbocycles. The van der Waals surface area contributed by atoms with Gasteiger partial charge < -0.3 is 14.8 Å². The van der Waals surface area contributed by atoms with Crippen molar-refractivity contribution in [3.05, 3.63) is 45.7 Å². The standard InChI is InChI=1S/C22H29N3O4S/c1-12-8-9-15-10-14-6-5-7-16(14)20(19(12)15)24-21(26)25-30(23,28)18-11-17(13(2)29-18)22(3,4)27/h10-12,27H,5-9H2,1-4H3,(H3,23,24,25,26,28)/t12?,30-/m1/s1. The third kappa shape index (κ3) is 3.68. The molecule has 0 saturated carbocycles. The number of hydrogen-bond donors (Lipinski definition) is 3. The van der Waals surface area contributed by atoms with E-state index in [0.717, 1.165) is 43.4 Å². The smallest absolute Gasteiger partial charge is 0.354 e. The van der Waals surface area contributed by atoms with Gasteiger partial charge in [-0.05, 0) is 81.0 Å². The minimum Gasteiger partial charge on any atom is -0.450 e. The van der Waals surface area contributed by atoms with Gasteiger partial charge in [0.1, 0.15) is 5.76 Å². The quantitative estimate of drug-likeness (QED) is 0.672. The van der Waals surface area contributed by atoms with Crippen LogP contribution < -0.4 is 10.5 Å². The van der Waals surface area contributed by atoms with Crippen LogP contribution >= 0.6 is 0 Å². The van der Waals surface area contributed by atoms with Crippen molar-refractivity contribution >= 4 is 21.6 Å². The summed E-state index contributed by atoms with van der Waals surface area (Å²) in [5, 5.41) is 18.9. The van der Waals surface area contributed by atoms with Gasteiger partial charge in [-0.25, -0.2) is 14.1 Å². The number of carbonyl (C=O) groups is 1. The summed E-state index contributed by atoms with van der Waals surface area (Å²) in [6.45, 7) is 6.99. The van der Waals surface area contributed by atoms with Gasteiger partial charge in [0.25, 0.3) is 0 Å². The van der Waals surface area contributed by atoms with Crippen LogP contribution in [0.1, 0.15) is 73.1 Å². The van der Waals surface area contributed by atoms with E-state index in [-0.39, 0.29) is 5.09 Å². The van der Waals surface area contributed by atoms with E-state index >= 15 is 0 Å². The highest BCUT2D eigenvalue weighted by atomic mass is 32.2. The normalized spacial score (nSPS) is 19.9. The molecule has 2 atom stereocenters. The second kappa shape index (κ2) is 7.21. The van der Waals surface area contributed by atoms with Crippen LogP contribution in [0.5, 0.6) is 0 Å². The summed E-state index contributed by atoms with van der Waals surface area (Å²) in [6.07, 6.45) is 5.04. The molecule has 7 nitrogen and oxygen atoms in total. The molecule has 1 heterocycles. The molecule has 2 aromatic rings. The van der Waals surface area contributed by atoms with Gasteiger partial charge in [0.2, 0.25) is 5.09 Å².